The Labute approximate surface area is 205 Å². The van der Waals surface area contributed by atoms with E-state index in [-0.39, 0.29) is 26.2 Å². The number of phosphoric acid groups is 1. The van der Waals surface area contributed by atoms with Crippen LogP contribution in [0.4, 0.5) is 0 Å². The minimum Gasteiger partial charge on any atom is -0.463 e. The van der Waals surface area contributed by atoms with Gasteiger partial charge in [-0.15, -0.1) is 0 Å². The zero-order valence-corrected chi connectivity index (χ0v) is 21.5. The Morgan fingerprint density at radius 3 is 2.09 bits per heavy atom. The van der Waals surface area contributed by atoms with Gasteiger partial charge in [-0.05, 0) is 44.9 Å². The molecule has 4 N–H and O–H groups in total. The number of hydrogen-bond acceptors (Lipinski definition) is 7. The van der Waals surface area contributed by atoms with Gasteiger partial charge in [0.15, 0.2) is 0 Å². The first-order chi connectivity index (χ1) is 16.4. The Hall–Kier alpha value is -1.54. The van der Waals surface area contributed by atoms with Gasteiger partial charge in [-0.1, -0.05) is 68.4 Å². The highest BCUT2D eigenvalue weighted by molar-refractivity contribution is 7.47. The molecule has 0 aliphatic carbocycles. The molecule has 34 heavy (non-hydrogen) atoms. The summed E-state index contributed by atoms with van der Waals surface area (Å²) in [5.74, 6) is -0.412. The lowest BCUT2D eigenvalue weighted by molar-refractivity contribution is -0.147. The second kappa shape index (κ2) is 23.2. The normalized spacial score (nSPS) is 15.1. The van der Waals surface area contributed by atoms with Crippen molar-refractivity contribution in [2.75, 3.05) is 26.4 Å². The molecule has 0 amide bonds. The van der Waals surface area contributed by atoms with Crippen LogP contribution in [0.2, 0.25) is 0 Å². The van der Waals surface area contributed by atoms with Crippen molar-refractivity contribution in [3.05, 3.63) is 48.6 Å². The number of esters is 1. The number of phosphoric ester groups is 1. The Kier molecular flexibility index (Phi) is 22.2. The molecule has 0 aliphatic rings. The maximum Gasteiger partial charge on any atom is 0.472 e. The zero-order valence-electron chi connectivity index (χ0n) is 20.6. The van der Waals surface area contributed by atoms with Crippen LogP contribution in [0.5, 0.6) is 0 Å². The summed E-state index contributed by atoms with van der Waals surface area (Å²) in [6.45, 7) is 1.28. The summed E-state index contributed by atoms with van der Waals surface area (Å²) in [6.07, 6.45) is 25.3. The third-order valence-corrected chi connectivity index (χ3v) is 5.44. The van der Waals surface area contributed by atoms with Crippen LogP contribution in [0, 0.1) is 0 Å². The van der Waals surface area contributed by atoms with Crippen molar-refractivity contribution in [2.24, 2.45) is 5.73 Å². The van der Waals surface area contributed by atoms with E-state index >= 15 is 0 Å². The molecule has 9 heteroatoms. The van der Waals surface area contributed by atoms with Crippen molar-refractivity contribution in [1.82, 2.24) is 0 Å². The molecular weight excluding hydrogens is 457 g/mol. The summed E-state index contributed by atoms with van der Waals surface area (Å²) < 4.78 is 25.5. The van der Waals surface area contributed by atoms with Crippen LogP contribution in [0.3, 0.4) is 0 Å². The van der Waals surface area contributed by atoms with E-state index in [1.165, 1.54) is 0 Å². The van der Waals surface area contributed by atoms with Crippen LogP contribution in [0.15, 0.2) is 48.6 Å². The molecule has 0 spiro atoms. The fourth-order valence-electron chi connectivity index (χ4n) is 2.68. The highest BCUT2D eigenvalue weighted by atomic mass is 31.2. The van der Waals surface area contributed by atoms with Crippen molar-refractivity contribution in [3.8, 4) is 0 Å². The monoisotopic (exact) mass is 501 g/mol. The molecule has 0 aromatic rings. The predicted octanol–water partition coefficient (Wildman–Crippen LogP) is 5.13. The van der Waals surface area contributed by atoms with Crippen LogP contribution in [-0.2, 0) is 23.1 Å². The molecule has 0 bridgehead atoms. The summed E-state index contributed by atoms with van der Waals surface area (Å²) in [4.78, 5) is 21.0. The number of allylic oxidation sites excluding steroid dienone is 8. The number of carbonyl (C=O) groups excluding carboxylic acids is 1. The lowest BCUT2D eigenvalue weighted by Crippen LogP contribution is -2.23. The average Bonchev–Trinajstić information content (AvgIpc) is 2.82. The minimum atomic E-state index is -4.25. The van der Waals surface area contributed by atoms with Gasteiger partial charge in [-0.3, -0.25) is 13.8 Å². The summed E-state index contributed by atoms with van der Waals surface area (Å²) in [7, 11) is -4.25. The first-order valence-corrected chi connectivity index (χ1v) is 13.7. The molecule has 0 saturated heterocycles. The fourth-order valence-corrected chi connectivity index (χ4v) is 3.45. The van der Waals surface area contributed by atoms with Crippen LogP contribution in [0.1, 0.15) is 71.1 Å². The topological polar surface area (TPSA) is 128 Å². The van der Waals surface area contributed by atoms with Gasteiger partial charge in [0.05, 0.1) is 13.2 Å². The molecular formula is C25H44NO7P. The first kappa shape index (κ1) is 32.5. The van der Waals surface area contributed by atoms with Gasteiger partial charge in [-0.2, -0.15) is 0 Å². The predicted molar refractivity (Wildman–Crippen MR) is 136 cm³/mol. The maximum absolute atomic E-state index is 11.7. The van der Waals surface area contributed by atoms with Crippen LogP contribution < -0.4 is 5.73 Å². The number of aliphatic hydroxyl groups excluding tert-OH is 1. The number of nitrogens with two attached hydrogens (primary N) is 1. The van der Waals surface area contributed by atoms with E-state index in [1.807, 2.05) is 0 Å². The van der Waals surface area contributed by atoms with E-state index in [2.05, 4.69) is 64.6 Å². The molecule has 2 atom stereocenters. The lowest BCUT2D eigenvalue weighted by Gasteiger charge is -2.15. The molecule has 0 aromatic heterocycles. The van der Waals surface area contributed by atoms with Gasteiger partial charge in [0.25, 0.3) is 0 Å². The number of unbranched alkanes of at least 4 members (excludes halogenated alkanes) is 4. The summed E-state index contributed by atoms with van der Waals surface area (Å²) in [5.41, 5.74) is 5.17. The summed E-state index contributed by atoms with van der Waals surface area (Å²) in [6, 6.07) is 0. The number of carbonyl (C=O) groups is 1. The third-order valence-electron chi connectivity index (χ3n) is 4.46. The third kappa shape index (κ3) is 23.6. The molecule has 0 saturated carbocycles. The van der Waals surface area contributed by atoms with Gasteiger partial charge in [0.2, 0.25) is 0 Å². The lowest BCUT2D eigenvalue weighted by atomic mass is 10.1. The maximum atomic E-state index is 11.7. The molecule has 8 nitrogen and oxygen atoms in total. The van der Waals surface area contributed by atoms with E-state index in [4.69, 9.17) is 10.5 Å². The second-order valence-corrected chi connectivity index (χ2v) is 9.13. The Morgan fingerprint density at radius 1 is 0.882 bits per heavy atom. The first-order valence-electron chi connectivity index (χ1n) is 12.2. The van der Waals surface area contributed by atoms with E-state index in [9.17, 15) is 19.4 Å². The molecule has 1 unspecified atom stereocenters. The Morgan fingerprint density at radius 2 is 1.47 bits per heavy atom. The molecule has 0 radical (unpaired) electrons. The molecule has 196 valence electrons. The molecule has 0 aliphatic heterocycles. The highest BCUT2D eigenvalue weighted by Crippen LogP contribution is 2.42. The van der Waals surface area contributed by atoms with Gasteiger partial charge in [0, 0.05) is 13.0 Å². The van der Waals surface area contributed by atoms with E-state index < -0.39 is 26.5 Å². The van der Waals surface area contributed by atoms with Crippen LogP contribution in [0.25, 0.3) is 0 Å². The zero-order chi connectivity index (χ0) is 25.3. The smallest absolute Gasteiger partial charge is 0.463 e. The van der Waals surface area contributed by atoms with Gasteiger partial charge < -0.3 is 20.5 Å². The second-order valence-electron chi connectivity index (χ2n) is 7.68. The van der Waals surface area contributed by atoms with E-state index in [0.717, 1.165) is 57.8 Å². The molecule has 0 fully saturated rings. The minimum absolute atomic E-state index is 0.0680. The largest absolute Gasteiger partial charge is 0.472 e. The van der Waals surface area contributed by atoms with Crippen molar-refractivity contribution < 1.29 is 33.1 Å². The molecule has 0 aromatic carbocycles. The van der Waals surface area contributed by atoms with Crippen molar-refractivity contribution in [1.29, 1.82) is 0 Å². The Balaban J connectivity index is 3.60. The standard InChI is InChI=1S/C25H44NO7P/c1-2-3-4-5-6-7-8-9-10-11-12-13-14-15-16-17-18-19-25(28)31-22-24(27)23-33-34(29,30)32-21-20-26/h3-4,6-7,9-10,12-13,24,27H,2,5,8,11,14-23,26H2,1H3,(H,29,30)/t24-/m1/s1. The average molecular weight is 502 g/mol. The van der Waals surface area contributed by atoms with E-state index in [0.29, 0.717) is 0 Å². The van der Waals surface area contributed by atoms with Crippen molar-refractivity contribution in [2.45, 2.75) is 77.2 Å². The number of hydrogen-bond donors (Lipinski definition) is 3. The fraction of sp³-hybridized carbons (Fsp3) is 0.640. The highest BCUT2D eigenvalue weighted by Gasteiger charge is 2.22. The van der Waals surface area contributed by atoms with Crippen molar-refractivity contribution in [3.63, 3.8) is 0 Å². The SMILES string of the molecule is CCC=CCC=CCC=CCC=CCCCCCCC(=O)OC[C@@H](O)COP(=O)(O)OCCN. The van der Waals surface area contributed by atoms with E-state index in [1.54, 1.807) is 0 Å². The number of aliphatic hydroxyl groups is 1. The molecule has 0 rings (SSSR count). The quantitative estimate of drug-likeness (QED) is 0.0806. The van der Waals surface area contributed by atoms with Gasteiger partial charge in [0.1, 0.15) is 12.7 Å². The number of ether oxygens (including phenoxy) is 1. The van der Waals surface area contributed by atoms with Crippen LogP contribution in [-0.4, -0.2) is 48.4 Å². The van der Waals surface area contributed by atoms with Gasteiger partial charge >= 0.3 is 13.8 Å². The van der Waals surface area contributed by atoms with Crippen LogP contribution >= 0.6 is 7.82 Å². The molecule has 0 heterocycles. The van der Waals surface area contributed by atoms with Crippen molar-refractivity contribution >= 4 is 13.8 Å². The number of rotatable bonds is 22. The summed E-state index contributed by atoms with van der Waals surface area (Å²) in [5, 5.41) is 9.68. The summed E-state index contributed by atoms with van der Waals surface area (Å²) >= 11 is 0. The van der Waals surface area contributed by atoms with Gasteiger partial charge in [-0.25, -0.2) is 4.57 Å². The Bertz CT molecular complexity index is 662.